The second-order valence-electron chi connectivity index (χ2n) is 5.69. The van der Waals surface area contributed by atoms with Gasteiger partial charge in [-0.05, 0) is 16.7 Å². The molecule has 1 aromatic heterocycles. The summed E-state index contributed by atoms with van der Waals surface area (Å²) in [5.74, 6) is 1.02. The van der Waals surface area contributed by atoms with Gasteiger partial charge in [-0.3, -0.25) is 10.7 Å². The number of guanidine groups is 1. The van der Waals surface area contributed by atoms with Crippen LogP contribution in [0.4, 0.5) is 5.95 Å². The Bertz CT molecular complexity index is 876. The van der Waals surface area contributed by atoms with E-state index < -0.39 is 0 Å². The maximum atomic E-state index is 8.02. The lowest BCUT2D eigenvalue weighted by Crippen LogP contribution is -2.29. The number of benzene rings is 2. The van der Waals surface area contributed by atoms with Gasteiger partial charge in [0, 0.05) is 6.54 Å². The first-order valence-corrected chi connectivity index (χ1v) is 8.39. The van der Waals surface area contributed by atoms with E-state index in [9.17, 15) is 0 Å². The molecular weight excluding hydrogens is 342 g/mol. The zero-order valence-electron chi connectivity index (χ0n) is 15.2. The molecule has 0 aliphatic carbocycles. The molecule has 138 valence electrons. The van der Waals surface area contributed by atoms with Crippen LogP contribution in [0, 0.1) is 5.41 Å². The highest BCUT2D eigenvalue weighted by Gasteiger charge is 2.07. The van der Waals surface area contributed by atoms with Gasteiger partial charge in [0.05, 0.1) is 20.3 Å². The van der Waals surface area contributed by atoms with Crippen LogP contribution in [0.5, 0.6) is 11.8 Å². The third kappa shape index (κ3) is 4.94. The molecule has 3 aromatic rings. The maximum Gasteiger partial charge on any atom is 0.236 e. The molecule has 0 unspecified atom stereocenters. The molecule has 0 fully saturated rings. The van der Waals surface area contributed by atoms with Crippen LogP contribution in [0.1, 0.15) is 5.56 Å². The highest BCUT2D eigenvalue weighted by atomic mass is 16.5. The zero-order valence-corrected chi connectivity index (χ0v) is 15.2. The molecular formula is C20H21N5O2. The molecule has 7 nitrogen and oxygen atoms in total. The molecule has 2 aromatic carbocycles. The smallest absolute Gasteiger partial charge is 0.236 e. The second kappa shape index (κ2) is 8.66. The molecule has 0 spiro atoms. The molecule has 0 saturated carbocycles. The van der Waals surface area contributed by atoms with Crippen molar-refractivity contribution >= 4 is 11.9 Å². The highest BCUT2D eigenvalue weighted by molar-refractivity contribution is 5.89. The highest BCUT2D eigenvalue weighted by Crippen LogP contribution is 2.19. The van der Waals surface area contributed by atoms with Crippen molar-refractivity contribution in [2.45, 2.75) is 6.54 Å². The van der Waals surface area contributed by atoms with Crippen molar-refractivity contribution in [1.29, 1.82) is 5.41 Å². The molecule has 0 saturated heterocycles. The average molecular weight is 363 g/mol. The van der Waals surface area contributed by atoms with Gasteiger partial charge < -0.3 is 14.8 Å². The van der Waals surface area contributed by atoms with Crippen molar-refractivity contribution in [3.63, 3.8) is 0 Å². The molecule has 0 bridgehead atoms. The molecule has 3 rings (SSSR count). The van der Waals surface area contributed by atoms with E-state index >= 15 is 0 Å². The van der Waals surface area contributed by atoms with Gasteiger partial charge in [0.15, 0.2) is 5.96 Å². The predicted octanol–water partition coefficient (Wildman–Crippen LogP) is 3.30. The first-order chi connectivity index (χ1) is 13.2. The van der Waals surface area contributed by atoms with Crippen molar-refractivity contribution in [2.24, 2.45) is 0 Å². The first-order valence-electron chi connectivity index (χ1n) is 8.39. The Morgan fingerprint density at radius 3 is 2.07 bits per heavy atom. The third-order valence-electron chi connectivity index (χ3n) is 3.86. The summed E-state index contributed by atoms with van der Waals surface area (Å²) in [6.45, 7) is 0.502. The van der Waals surface area contributed by atoms with Gasteiger partial charge in [-0.15, -0.1) is 0 Å². The minimum Gasteiger partial charge on any atom is -0.481 e. The number of anilines is 1. The standard InChI is InChI=1S/C20H21N5O2/c1-26-17-12-18(27-2)24-20(23-17)25-19(21)22-13-14-8-10-16(11-9-14)15-6-4-3-5-7-15/h3-12H,13H2,1-2H3,(H3,21,22,23,24,25). The third-order valence-corrected chi connectivity index (χ3v) is 3.86. The van der Waals surface area contributed by atoms with Crippen molar-refractivity contribution in [1.82, 2.24) is 15.3 Å². The zero-order chi connectivity index (χ0) is 19.1. The van der Waals surface area contributed by atoms with E-state index in [-0.39, 0.29) is 11.9 Å². The second-order valence-corrected chi connectivity index (χ2v) is 5.69. The van der Waals surface area contributed by atoms with E-state index in [1.165, 1.54) is 19.8 Å². The molecule has 0 aliphatic heterocycles. The lowest BCUT2D eigenvalue weighted by atomic mass is 10.0. The fourth-order valence-electron chi connectivity index (χ4n) is 2.46. The van der Waals surface area contributed by atoms with Crippen LogP contribution >= 0.6 is 0 Å². The van der Waals surface area contributed by atoms with Crippen LogP contribution in [0.2, 0.25) is 0 Å². The lowest BCUT2D eigenvalue weighted by molar-refractivity contribution is 0.373. The summed E-state index contributed by atoms with van der Waals surface area (Å²) in [7, 11) is 3.02. The number of hydrogen-bond acceptors (Lipinski definition) is 5. The Kier molecular flexibility index (Phi) is 5.84. The molecule has 7 heteroatoms. The van der Waals surface area contributed by atoms with E-state index in [4.69, 9.17) is 14.9 Å². The molecule has 0 radical (unpaired) electrons. The molecule has 1 heterocycles. The number of rotatable bonds is 6. The van der Waals surface area contributed by atoms with Crippen LogP contribution < -0.4 is 20.1 Å². The molecule has 0 atom stereocenters. The Hall–Kier alpha value is -3.61. The van der Waals surface area contributed by atoms with Crippen molar-refractivity contribution in [3.05, 3.63) is 66.2 Å². The van der Waals surface area contributed by atoms with Crippen molar-refractivity contribution in [2.75, 3.05) is 19.5 Å². The van der Waals surface area contributed by atoms with Gasteiger partial charge in [-0.25, -0.2) is 0 Å². The van der Waals surface area contributed by atoms with Gasteiger partial charge in [0.2, 0.25) is 17.7 Å². The number of ether oxygens (including phenoxy) is 2. The molecule has 0 aliphatic rings. The Morgan fingerprint density at radius 2 is 1.48 bits per heavy atom. The van der Waals surface area contributed by atoms with E-state index in [0.29, 0.717) is 18.3 Å². The van der Waals surface area contributed by atoms with E-state index in [0.717, 1.165) is 11.1 Å². The summed E-state index contributed by atoms with van der Waals surface area (Å²) in [5.41, 5.74) is 3.39. The van der Waals surface area contributed by atoms with Gasteiger partial charge in [-0.1, -0.05) is 54.6 Å². The minimum atomic E-state index is 0.0810. The summed E-state index contributed by atoms with van der Waals surface area (Å²) < 4.78 is 10.2. The largest absolute Gasteiger partial charge is 0.481 e. The van der Waals surface area contributed by atoms with Crippen LogP contribution in [0.15, 0.2) is 60.7 Å². The van der Waals surface area contributed by atoms with E-state index in [1.807, 2.05) is 30.3 Å². The Balaban J connectivity index is 1.58. The summed E-state index contributed by atoms with van der Waals surface area (Å²) in [5, 5.41) is 13.8. The number of nitrogens with one attached hydrogen (secondary N) is 3. The normalized spacial score (nSPS) is 10.1. The van der Waals surface area contributed by atoms with Crippen molar-refractivity contribution < 1.29 is 9.47 Å². The predicted molar refractivity (Wildman–Crippen MR) is 105 cm³/mol. The Labute approximate surface area is 157 Å². The fourth-order valence-corrected chi connectivity index (χ4v) is 2.46. The quantitative estimate of drug-likeness (QED) is 0.460. The number of methoxy groups -OCH3 is 2. The average Bonchev–Trinajstić information content (AvgIpc) is 2.73. The lowest BCUT2D eigenvalue weighted by Gasteiger charge is -2.11. The first kappa shape index (κ1) is 18.2. The minimum absolute atomic E-state index is 0.0810. The van der Waals surface area contributed by atoms with Gasteiger partial charge in [-0.2, -0.15) is 9.97 Å². The monoisotopic (exact) mass is 363 g/mol. The summed E-state index contributed by atoms with van der Waals surface area (Å²) in [6, 6.07) is 20.0. The van der Waals surface area contributed by atoms with Crippen LogP contribution in [-0.2, 0) is 6.54 Å². The maximum absolute atomic E-state index is 8.02. The number of nitrogens with zero attached hydrogens (tertiary/aromatic N) is 2. The van der Waals surface area contributed by atoms with Crippen molar-refractivity contribution in [3.8, 4) is 22.9 Å². The van der Waals surface area contributed by atoms with Crippen LogP contribution in [0.25, 0.3) is 11.1 Å². The van der Waals surface area contributed by atoms with Crippen LogP contribution in [-0.4, -0.2) is 30.1 Å². The number of hydrogen-bond donors (Lipinski definition) is 3. The Morgan fingerprint density at radius 1 is 0.889 bits per heavy atom. The topological polar surface area (TPSA) is 92.2 Å². The van der Waals surface area contributed by atoms with E-state index in [1.54, 1.807) is 6.07 Å². The van der Waals surface area contributed by atoms with Crippen LogP contribution in [0.3, 0.4) is 0 Å². The molecule has 27 heavy (non-hydrogen) atoms. The van der Waals surface area contributed by atoms with E-state index in [2.05, 4.69) is 44.9 Å². The molecule has 3 N–H and O–H groups in total. The molecule has 0 amide bonds. The summed E-state index contributed by atoms with van der Waals surface area (Å²) in [4.78, 5) is 8.27. The van der Waals surface area contributed by atoms with Gasteiger partial charge >= 0.3 is 0 Å². The SMILES string of the molecule is COc1cc(OC)nc(NC(=N)NCc2ccc(-c3ccccc3)cc2)n1. The van der Waals surface area contributed by atoms with Gasteiger partial charge in [0.1, 0.15) is 0 Å². The fraction of sp³-hybridized carbons (Fsp3) is 0.150. The number of aromatic nitrogens is 2. The summed E-state index contributed by atoms with van der Waals surface area (Å²) in [6.07, 6.45) is 0. The summed E-state index contributed by atoms with van der Waals surface area (Å²) >= 11 is 0. The van der Waals surface area contributed by atoms with Gasteiger partial charge in [0.25, 0.3) is 0 Å².